The molecule has 22 heavy (non-hydrogen) atoms. The number of benzene rings is 2. The van der Waals surface area contributed by atoms with E-state index in [2.05, 4.69) is 4.72 Å². The molecule has 0 heterocycles. The molecule has 0 aliphatic carbocycles. The van der Waals surface area contributed by atoms with Gasteiger partial charge in [-0.1, -0.05) is 18.2 Å². The summed E-state index contributed by atoms with van der Waals surface area (Å²) in [5.74, 6) is 0. The number of nitrogens with one attached hydrogen (secondary N) is 1. The van der Waals surface area contributed by atoms with Crippen molar-refractivity contribution in [3.8, 4) is 0 Å². The highest BCUT2D eigenvalue weighted by molar-refractivity contribution is 7.92. The van der Waals surface area contributed by atoms with Gasteiger partial charge in [-0.3, -0.25) is 4.72 Å². The van der Waals surface area contributed by atoms with Crippen molar-refractivity contribution < 1.29 is 8.42 Å². The Balaban J connectivity index is 2.59. The Morgan fingerprint density at radius 3 is 1.86 bits per heavy atom. The predicted molar refractivity (Wildman–Crippen MR) is 92.1 cm³/mol. The first kappa shape index (κ1) is 16.6. The van der Waals surface area contributed by atoms with Crippen molar-refractivity contribution in [2.45, 2.75) is 46.4 Å². The van der Waals surface area contributed by atoms with Crippen LogP contribution in [0.1, 0.15) is 33.4 Å². The van der Waals surface area contributed by atoms with Crippen molar-refractivity contribution in [3.05, 3.63) is 57.6 Å². The van der Waals surface area contributed by atoms with Gasteiger partial charge < -0.3 is 0 Å². The summed E-state index contributed by atoms with van der Waals surface area (Å²) in [5.41, 5.74) is 6.17. The first-order valence-electron chi connectivity index (χ1n) is 7.31. The molecule has 2 aromatic carbocycles. The molecule has 2 aromatic rings. The minimum Gasteiger partial charge on any atom is -0.279 e. The highest BCUT2D eigenvalue weighted by atomic mass is 32.2. The molecule has 118 valence electrons. The fourth-order valence-electron chi connectivity index (χ4n) is 2.63. The highest BCUT2D eigenvalue weighted by Gasteiger charge is 2.22. The van der Waals surface area contributed by atoms with Gasteiger partial charge in [0.1, 0.15) is 0 Å². The molecular formula is C18H23NO2S. The van der Waals surface area contributed by atoms with Crippen molar-refractivity contribution in [3.63, 3.8) is 0 Å². The van der Waals surface area contributed by atoms with Crippen molar-refractivity contribution in [1.82, 2.24) is 0 Å². The van der Waals surface area contributed by atoms with Gasteiger partial charge in [-0.2, -0.15) is 0 Å². The van der Waals surface area contributed by atoms with E-state index in [1.165, 1.54) is 0 Å². The van der Waals surface area contributed by atoms with E-state index in [1.807, 2.05) is 65.8 Å². The molecule has 0 atom stereocenters. The maximum absolute atomic E-state index is 12.9. The number of sulfonamides is 1. The Kier molecular flexibility index (Phi) is 4.34. The van der Waals surface area contributed by atoms with Gasteiger partial charge in [-0.05, 0) is 81.0 Å². The van der Waals surface area contributed by atoms with Crippen LogP contribution >= 0.6 is 0 Å². The van der Waals surface area contributed by atoms with E-state index >= 15 is 0 Å². The third-order valence-electron chi connectivity index (χ3n) is 4.20. The lowest BCUT2D eigenvalue weighted by molar-refractivity contribution is 0.599. The Bertz CT molecular complexity index is 810. The SMILES string of the molecule is Cc1ccc(C)c(NS(=O)(=O)c2c(C)c(C)cc(C)c2C)c1. The molecular weight excluding hydrogens is 294 g/mol. The van der Waals surface area contributed by atoms with Crippen LogP contribution < -0.4 is 4.72 Å². The van der Waals surface area contributed by atoms with E-state index in [-0.39, 0.29) is 0 Å². The molecule has 0 fully saturated rings. The zero-order valence-corrected chi connectivity index (χ0v) is 14.9. The standard InChI is InChI=1S/C18H23NO2S/c1-11-7-8-12(2)17(9-11)19-22(20,21)18-15(5)13(3)10-14(4)16(18)6/h7-10,19H,1-6H3. The van der Waals surface area contributed by atoms with Crippen molar-refractivity contribution in [2.24, 2.45) is 0 Å². The van der Waals surface area contributed by atoms with Crippen LogP contribution in [0.25, 0.3) is 0 Å². The average Bonchev–Trinajstić information content (AvgIpc) is 2.40. The Morgan fingerprint density at radius 2 is 1.32 bits per heavy atom. The van der Waals surface area contributed by atoms with Gasteiger partial charge >= 0.3 is 0 Å². The largest absolute Gasteiger partial charge is 0.279 e. The van der Waals surface area contributed by atoms with E-state index in [0.717, 1.165) is 33.4 Å². The minimum absolute atomic E-state index is 0.394. The maximum Gasteiger partial charge on any atom is 0.262 e. The van der Waals surface area contributed by atoms with Crippen LogP contribution in [0.3, 0.4) is 0 Å². The third kappa shape index (κ3) is 3.02. The van der Waals surface area contributed by atoms with Crippen LogP contribution in [0, 0.1) is 41.5 Å². The van der Waals surface area contributed by atoms with Crippen molar-refractivity contribution in [1.29, 1.82) is 0 Å². The molecule has 0 aromatic heterocycles. The molecule has 0 spiro atoms. The zero-order valence-electron chi connectivity index (χ0n) is 14.0. The van der Waals surface area contributed by atoms with Crippen LogP contribution in [0.4, 0.5) is 5.69 Å². The molecule has 4 heteroatoms. The van der Waals surface area contributed by atoms with Crippen molar-refractivity contribution >= 4 is 15.7 Å². The fourth-order valence-corrected chi connectivity index (χ4v) is 4.37. The Morgan fingerprint density at radius 1 is 0.773 bits per heavy atom. The van der Waals surface area contributed by atoms with Gasteiger partial charge in [0.2, 0.25) is 0 Å². The summed E-state index contributed by atoms with van der Waals surface area (Å²) < 4.78 is 28.6. The maximum atomic E-state index is 12.9. The molecule has 1 N–H and O–H groups in total. The molecule has 0 bridgehead atoms. The topological polar surface area (TPSA) is 46.2 Å². The molecule has 3 nitrogen and oxygen atoms in total. The summed E-state index contributed by atoms with van der Waals surface area (Å²) in [6, 6.07) is 7.79. The summed E-state index contributed by atoms with van der Waals surface area (Å²) in [5, 5.41) is 0. The van der Waals surface area contributed by atoms with E-state index in [0.29, 0.717) is 10.6 Å². The molecule has 0 aliphatic rings. The van der Waals surface area contributed by atoms with Gasteiger partial charge in [0.25, 0.3) is 10.0 Å². The number of hydrogen-bond donors (Lipinski definition) is 1. The summed E-state index contributed by atoms with van der Waals surface area (Å²) >= 11 is 0. The number of aryl methyl sites for hydroxylation is 4. The third-order valence-corrected chi connectivity index (χ3v) is 5.84. The van der Waals surface area contributed by atoms with Gasteiger partial charge in [-0.25, -0.2) is 8.42 Å². The monoisotopic (exact) mass is 317 g/mol. The molecule has 0 amide bonds. The Labute approximate surface area is 133 Å². The minimum atomic E-state index is -3.61. The number of rotatable bonds is 3. The lowest BCUT2D eigenvalue weighted by Crippen LogP contribution is -2.17. The van der Waals surface area contributed by atoms with E-state index in [9.17, 15) is 8.42 Å². The van der Waals surface area contributed by atoms with E-state index < -0.39 is 10.0 Å². The van der Waals surface area contributed by atoms with Crippen LogP contribution in [-0.2, 0) is 10.0 Å². The van der Waals surface area contributed by atoms with Crippen LogP contribution in [0.5, 0.6) is 0 Å². The second-order valence-corrected chi connectivity index (χ2v) is 7.63. The molecule has 0 aliphatic heterocycles. The number of hydrogen-bond acceptors (Lipinski definition) is 2. The summed E-state index contributed by atoms with van der Waals surface area (Å²) in [4.78, 5) is 0.394. The van der Waals surface area contributed by atoms with Crippen molar-refractivity contribution in [2.75, 3.05) is 4.72 Å². The van der Waals surface area contributed by atoms with Crippen LogP contribution in [-0.4, -0.2) is 8.42 Å². The van der Waals surface area contributed by atoms with Gasteiger partial charge in [0.15, 0.2) is 0 Å². The lowest BCUT2D eigenvalue weighted by Gasteiger charge is -2.17. The van der Waals surface area contributed by atoms with Gasteiger partial charge in [0.05, 0.1) is 10.6 Å². The van der Waals surface area contributed by atoms with Crippen LogP contribution in [0.2, 0.25) is 0 Å². The Hall–Kier alpha value is -1.81. The van der Waals surface area contributed by atoms with Gasteiger partial charge in [0, 0.05) is 0 Å². The molecule has 0 radical (unpaired) electrons. The molecule has 0 saturated carbocycles. The summed E-state index contributed by atoms with van der Waals surface area (Å²) in [7, 11) is -3.61. The van der Waals surface area contributed by atoms with E-state index in [1.54, 1.807) is 0 Å². The summed E-state index contributed by atoms with van der Waals surface area (Å²) in [6.45, 7) is 11.5. The lowest BCUT2D eigenvalue weighted by atomic mass is 10.0. The highest BCUT2D eigenvalue weighted by Crippen LogP contribution is 2.28. The predicted octanol–water partition coefficient (Wildman–Crippen LogP) is 4.34. The normalized spacial score (nSPS) is 11.5. The van der Waals surface area contributed by atoms with Gasteiger partial charge in [-0.15, -0.1) is 0 Å². The number of anilines is 1. The zero-order chi connectivity index (χ0) is 16.7. The second-order valence-electron chi connectivity index (χ2n) is 6.01. The fraction of sp³-hybridized carbons (Fsp3) is 0.333. The first-order valence-corrected chi connectivity index (χ1v) is 8.79. The molecule has 0 unspecified atom stereocenters. The smallest absolute Gasteiger partial charge is 0.262 e. The van der Waals surface area contributed by atoms with E-state index in [4.69, 9.17) is 0 Å². The average molecular weight is 317 g/mol. The van der Waals surface area contributed by atoms with Crippen LogP contribution in [0.15, 0.2) is 29.2 Å². The quantitative estimate of drug-likeness (QED) is 0.915. The summed E-state index contributed by atoms with van der Waals surface area (Å²) in [6.07, 6.45) is 0. The second kappa shape index (κ2) is 5.76. The molecule has 0 saturated heterocycles. The molecule has 2 rings (SSSR count). The first-order chi connectivity index (χ1) is 10.1.